The fourth-order valence-electron chi connectivity index (χ4n) is 2.97. The number of anilines is 1. The van der Waals surface area contributed by atoms with Crippen molar-refractivity contribution in [2.45, 2.75) is 25.9 Å². The van der Waals surface area contributed by atoms with E-state index in [-0.39, 0.29) is 12.1 Å². The summed E-state index contributed by atoms with van der Waals surface area (Å²) in [4.78, 5) is 17.6. The Morgan fingerprint density at radius 1 is 1.41 bits per heavy atom. The van der Waals surface area contributed by atoms with Crippen molar-refractivity contribution in [1.82, 2.24) is 0 Å². The van der Waals surface area contributed by atoms with Crippen LogP contribution < -0.4 is 4.90 Å². The zero-order valence-corrected chi connectivity index (χ0v) is 15.7. The molecule has 1 fully saturated rings. The maximum absolute atomic E-state index is 11.2. The van der Waals surface area contributed by atoms with Crippen LogP contribution in [-0.4, -0.2) is 61.3 Å². The Kier molecular flexibility index (Phi) is 7.53. The number of nitrogens with zero attached hydrogens (tertiary/aromatic N) is 3. The highest BCUT2D eigenvalue weighted by atomic mass is 16.5. The SMILES string of the molecule is CCOC.N#Cc1cc(C2=NCC(O)C(C(=O)O)=C2)ccc1N1CCCC1. The number of carbonyl (C=O) groups is 1. The zero-order chi connectivity index (χ0) is 19.8. The lowest BCUT2D eigenvalue weighted by atomic mass is 9.98. The number of allylic oxidation sites excluding steroid dienone is 1. The number of aliphatic hydroxyl groups excluding tert-OH is 1. The van der Waals surface area contributed by atoms with Gasteiger partial charge in [0.2, 0.25) is 0 Å². The maximum atomic E-state index is 11.2. The fourth-order valence-corrected chi connectivity index (χ4v) is 2.97. The number of hydrogen-bond donors (Lipinski definition) is 2. The number of hydrogen-bond acceptors (Lipinski definition) is 6. The van der Waals surface area contributed by atoms with Crippen molar-refractivity contribution in [3.63, 3.8) is 0 Å². The molecule has 0 aliphatic carbocycles. The second kappa shape index (κ2) is 9.86. The van der Waals surface area contributed by atoms with Gasteiger partial charge in [-0.2, -0.15) is 5.26 Å². The molecule has 0 aromatic heterocycles. The van der Waals surface area contributed by atoms with Crippen LogP contribution in [0.25, 0.3) is 0 Å². The summed E-state index contributed by atoms with van der Waals surface area (Å²) in [5.41, 5.74) is 2.57. The number of ether oxygens (including phenoxy) is 1. The Morgan fingerprint density at radius 3 is 2.63 bits per heavy atom. The van der Waals surface area contributed by atoms with E-state index in [4.69, 9.17) is 5.11 Å². The molecule has 144 valence electrons. The van der Waals surface area contributed by atoms with E-state index in [0.717, 1.165) is 38.2 Å². The summed E-state index contributed by atoms with van der Waals surface area (Å²) in [6.07, 6.45) is 2.54. The predicted molar refractivity (Wildman–Crippen MR) is 103 cm³/mol. The summed E-state index contributed by atoms with van der Waals surface area (Å²) in [7, 11) is 1.68. The quantitative estimate of drug-likeness (QED) is 0.838. The second-order valence-electron chi connectivity index (χ2n) is 6.26. The van der Waals surface area contributed by atoms with Gasteiger partial charge in [0.1, 0.15) is 12.2 Å². The van der Waals surface area contributed by atoms with Crippen LogP contribution in [0.3, 0.4) is 0 Å². The average Bonchev–Trinajstić information content (AvgIpc) is 3.22. The van der Waals surface area contributed by atoms with Crippen molar-refractivity contribution in [2.24, 2.45) is 4.99 Å². The van der Waals surface area contributed by atoms with Crippen molar-refractivity contribution in [3.05, 3.63) is 41.0 Å². The number of aliphatic hydroxyl groups is 1. The Bertz CT molecular complexity index is 772. The van der Waals surface area contributed by atoms with Crippen LogP contribution in [0.1, 0.15) is 30.9 Å². The minimum atomic E-state index is -1.15. The van der Waals surface area contributed by atoms with Gasteiger partial charge in [0.25, 0.3) is 0 Å². The minimum Gasteiger partial charge on any atom is -0.478 e. The van der Waals surface area contributed by atoms with Crippen molar-refractivity contribution in [1.29, 1.82) is 5.26 Å². The van der Waals surface area contributed by atoms with Crippen molar-refractivity contribution < 1.29 is 19.7 Å². The van der Waals surface area contributed by atoms with Gasteiger partial charge in [-0.25, -0.2) is 4.79 Å². The van der Waals surface area contributed by atoms with E-state index >= 15 is 0 Å². The highest BCUT2D eigenvalue weighted by molar-refractivity contribution is 6.13. The van der Waals surface area contributed by atoms with Gasteiger partial charge in [0.15, 0.2) is 0 Å². The number of carboxylic acids is 1. The van der Waals surface area contributed by atoms with Gasteiger partial charge in [-0.3, -0.25) is 4.99 Å². The Morgan fingerprint density at radius 2 is 2.07 bits per heavy atom. The number of aliphatic imine (C=N–C) groups is 1. The van der Waals surface area contributed by atoms with E-state index in [9.17, 15) is 15.2 Å². The molecule has 2 aliphatic rings. The second-order valence-corrected chi connectivity index (χ2v) is 6.26. The van der Waals surface area contributed by atoms with E-state index in [1.807, 2.05) is 19.1 Å². The van der Waals surface area contributed by atoms with Gasteiger partial charge in [-0.05, 0) is 38.0 Å². The summed E-state index contributed by atoms with van der Waals surface area (Å²) in [5, 5.41) is 28.2. The number of aliphatic carboxylic acids is 1. The van der Waals surface area contributed by atoms with Gasteiger partial charge >= 0.3 is 5.97 Å². The molecule has 1 saturated heterocycles. The molecule has 1 atom stereocenters. The van der Waals surface area contributed by atoms with Crippen molar-refractivity contribution in [2.75, 3.05) is 38.3 Å². The van der Waals surface area contributed by atoms with Gasteiger partial charge < -0.3 is 19.8 Å². The van der Waals surface area contributed by atoms with E-state index in [1.54, 1.807) is 13.2 Å². The molecular formula is C20H25N3O4. The molecule has 3 rings (SSSR count). The standard InChI is InChI=1S/C17H17N3O3.C3H8O/c18-9-12-7-11(3-4-15(12)20-5-1-2-6-20)14-8-13(17(22)23)16(21)10-19-14;1-3-4-2/h3-4,7-8,16,21H,1-2,5-6,10H2,(H,22,23);3H2,1-2H3. The third-order valence-electron chi connectivity index (χ3n) is 4.48. The van der Waals surface area contributed by atoms with Gasteiger partial charge in [-0.1, -0.05) is 6.07 Å². The van der Waals surface area contributed by atoms with Gasteiger partial charge in [0, 0.05) is 32.4 Å². The number of rotatable bonds is 4. The first-order valence-corrected chi connectivity index (χ1v) is 8.97. The molecule has 0 saturated carbocycles. The number of methoxy groups -OCH3 is 1. The monoisotopic (exact) mass is 371 g/mol. The molecule has 0 amide bonds. The fraction of sp³-hybridized carbons (Fsp3) is 0.450. The molecule has 7 nitrogen and oxygen atoms in total. The molecule has 1 aromatic rings. The smallest absolute Gasteiger partial charge is 0.334 e. The normalized spacial score (nSPS) is 18.7. The van der Waals surface area contributed by atoms with Crippen LogP contribution in [-0.2, 0) is 9.53 Å². The lowest BCUT2D eigenvalue weighted by molar-refractivity contribution is -0.133. The molecule has 0 radical (unpaired) electrons. The highest BCUT2D eigenvalue weighted by Gasteiger charge is 2.23. The molecule has 2 N–H and O–H groups in total. The summed E-state index contributed by atoms with van der Waals surface area (Å²) in [5.74, 6) is -1.15. The number of benzene rings is 1. The topological polar surface area (TPSA) is 106 Å². The molecule has 1 aromatic carbocycles. The lowest BCUT2D eigenvalue weighted by Gasteiger charge is -2.20. The minimum absolute atomic E-state index is 0.0171. The summed E-state index contributed by atoms with van der Waals surface area (Å²) >= 11 is 0. The largest absolute Gasteiger partial charge is 0.478 e. The number of nitriles is 1. The third-order valence-corrected chi connectivity index (χ3v) is 4.48. The third kappa shape index (κ3) is 5.16. The van der Waals surface area contributed by atoms with E-state index in [0.29, 0.717) is 16.8 Å². The molecule has 27 heavy (non-hydrogen) atoms. The first-order valence-electron chi connectivity index (χ1n) is 8.97. The number of carboxylic acid groups (broad SMARTS) is 1. The van der Waals surface area contributed by atoms with Crippen LogP contribution >= 0.6 is 0 Å². The Balaban J connectivity index is 0.000000596. The van der Waals surface area contributed by atoms with E-state index in [2.05, 4.69) is 20.7 Å². The predicted octanol–water partition coefficient (Wildman–Crippen LogP) is 1.99. The summed E-state index contributed by atoms with van der Waals surface area (Å²) in [6, 6.07) is 7.69. The van der Waals surface area contributed by atoms with E-state index in [1.165, 1.54) is 6.08 Å². The van der Waals surface area contributed by atoms with Gasteiger partial charge in [-0.15, -0.1) is 0 Å². The van der Waals surface area contributed by atoms with Crippen LogP contribution in [0, 0.1) is 11.3 Å². The van der Waals surface area contributed by atoms with Crippen LogP contribution in [0.2, 0.25) is 0 Å². The molecule has 2 heterocycles. The van der Waals surface area contributed by atoms with E-state index < -0.39 is 12.1 Å². The average molecular weight is 371 g/mol. The zero-order valence-electron chi connectivity index (χ0n) is 15.7. The first kappa shape index (κ1) is 20.6. The molecular weight excluding hydrogens is 346 g/mol. The Hall–Kier alpha value is -2.69. The maximum Gasteiger partial charge on any atom is 0.334 e. The summed E-state index contributed by atoms with van der Waals surface area (Å²) in [6.45, 7) is 4.69. The van der Waals surface area contributed by atoms with Crippen LogP contribution in [0.4, 0.5) is 5.69 Å². The van der Waals surface area contributed by atoms with Crippen molar-refractivity contribution in [3.8, 4) is 6.07 Å². The number of dihydropyridines is 1. The molecule has 7 heteroatoms. The summed E-state index contributed by atoms with van der Waals surface area (Å²) < 4.78 is 4.54. The highest BCUT2D eigenvalue weighted by Crippen LogP contribution is 2.26. The molecule has 0 bridgehead atoms. The first-order chi connectivity index (χ1) is 13.0. The molecule has 0 spiro atoms. The van der Waals surface area contributed by atoms with Crippen molar-refractivity contribution >= 4 is 17.4 Å². The lowest BCUT2D eigenvalue weighted by Crippen LogP contribution is -2.26. The van der Waals surface area contributed by atoms with Crippen LogP contribution in [0.15, 0.2) is 34.8 Å². The Labute approximate surface area is 159 Å². The van der Waals surface area contributed by atoms with Crippen LogP contribution in [0.5, 0.6) is 0 Å². The van der Waals surface area contributed by atoms with Gasteiger partial charge in [0.05, 0.1) is 29.1 Å². The molecule has 1 unspecified atom stereocenters. The molecule has 2 aliphatic heterocycles.